The second kappa shape index (κ2) is 8.36. The van der Waals surface area contributed by atoms with E-state index in [0.717, 1.165) is 13.1 Å². The molecule has 7 nitrogen and oxygen atoms in total. The van der Waals surface area contributed by atoms with Gasteiger partial charge in [-0.05, 0) is 49.7 Å². The Kier molecular flexibility index (Phi) is 5.63. The zero-order valence-corrected chi connectivity index (χ0v) is 17.4. The highest BCUT2D eigenvalue weighted by Crippen LogP contribution is 2.25. The maximum Gasteiger partial charge on any atom is 0.414 e. The predicted molar refractivity (Wildman–Crippen MR) is 115 cm³/mol. The molecule has 7 heteroatoms. The van der Waals surface area contributed by atoms with E-state index in [-0.39, 0.29) is 19.1 Å². The summed E-state index contributed by atoms with van der Waals surface area (Å²) in [6.07, 6.45) is -0.476. The van der Waals surface area contributed by atoms with Crippen LogP contribution >= 0.6 is 0 Å². The molecule has 1 N–H and O–H groups in total. The van der Waals surface area contributed by atoms with Gasteiger partial charge in [0.2, 0.25) is 0 Å². The number of carbonyl (C=O) groups is 2. The molecule has 4 rings (SSSR count). The van der Waals surface area contributed by atoms with Crippen LogP contribution in [0.5, 0.6) is 0 Å². The van der Waals surface area contributed by atoms with Crippen molar-refractivity contribution >= 4 is 23.4 Å². The van der Waals surface area contributed by atoms with Crippen molar-refractivity contribution in [2.24, 2.45) is 0 Å². The number of piperazine rings is 1. The zero-order chi connectivity index (χ0) is 21.3. The molecule has 2 heterocycles. The van der Waals surface area contributed by atoms with Crippen LogP contribution in [0.4, 0.5) is 16.2 Å². The van der Waals surface area contributed by atoms with Gasteiger partial charge in [-0.3, -0.25) is 9.69 Å². The molecule has 2 aliphatic rings. The highest BCUT2D eigenvalue weighted by atomic mass is 16.6. The molecule has 0 radical (unpaired) electrons. The Morgan fingerprint density at radius 1 is 1.07 bits per heavy atom. The molecule has 1 unspecified atom stereocenters. The third kappa shape index (κ3) is 3.85. The number of ether oxygens (including phenoxy) is 1. The number of benzene rings is 2. The van der Waals surface area contributed by atoms with Gasteiger partial charge in [-0.1, -0.05) is 17.7 Å². The van der Waals surface area contributed by atoms with Crippen molar-refractivity contribution in [3.63, 3.8) is 0 Å². The fraction of sp³-hybridized carbons (Fsp3) is 0.391. The first kappa shape index (κ1) is 20.2. The quantitative estimate of drug-likeness (QED) is 0.840. The highest BCUT2D eigenvalue weighted by molar-refractivity contribution is 5.96. The maximum absolute atomic E-state index is 12.9. The van der Waals surface area contributed by atoms with E-state index >= 15 is 0 Å². The molecule has 158 valence electrons. The molecular formula is C23H27N3O4. The first-order chi connectivity index (χ1) is 14.5. The lowest BCUT2D eigenvalue weighted by Crippen LogP contribution is -2.49. The van der Waals surface area contributed by atoms with E-state index in [9.17, 15) is 14.7 Å². The Morgan fingerprint density at radius 3 is 2.40 bits per heavy atom. The molecule has 2 saturated heterocycles. The Bertz CT molecular complexity index is 936. The Balaban J connectivity index is 1.40. The molecule has 2 fully saturated rings. The summed E-state index contributed by atoms with van der Waals surface area (Å²) in [5, 5.41) is 9.42. The second-order valence-corrected chi connectivity index (χ2v) is 7.90. The van der Waals surface area contributed by atoms with Gasteiger partial charge in [-0.2, -0.15) is 0 Å². The SMILES string of the molecule is Cc1ccc(N2CCN(C(=O)c3ccc(N4C(=O)OCC4CO)cc3)CC2)c(C)c1. The van der Waals surface area contributed by atoms with Gasteiger partial charge in [0.1, 0.15) is 6.61 Å². The van der Waals surface area contributed by atoms with Crippen LogP contribution in [-0.4, -0.2) is 67.4 Å². The highest BCUT2D eigenvalue weighted by Gasteiger charge is 2.33. The summed E-state index contributed by atoms with van der Waals surface area (Å²) in [4.78, 5) is 30.5. The van der Waals surface area contributed by atoms with Crippen LogP contribution in [0.15, 0.2) is 42.5 Å². The van der Waals surface area contributed by atoms with Gasteiger partial charge in [-0.15, -0.1) is 0 Å². The number of amides is 2. The number of rotatable bonds is 4. The van der Waals surface area contributed by atoms with Crippen LogP contribution in [0.2, 0.25) is 0 Å². The molecule has 2 aromatic rings. The molecule has 0 saturated carbocycles. The number of aliphatic hydroxyl groups is 1. The van der Waals surface area contributed by atoms with E-state index in [1.165, 1.54) is 21.7 Å². The molecule has 2 aliphatic heterocycles. The Morgan fingerprint density at radius 2 is 1.77 bits per heavy atom. The molecule has 1 atom stereocenters. The third-order valence-electron chi connectivity index (χ3n) is 5.82. The van der Waals surface area contributed by atoms with Crippen LogP contribution in [0.1, 0.15) is 21.5 Å². The van der Waals surface area contributed by atoms with Gasteiger partial charge in [-0.25, -0.2) is 4.79 Å². The van der Waals surface area contributed by atoms with E-state index in [2.05, 4.69) is 36.9 Å². The number of cyclic esters (lactones) is 1. The van der Waals surface area contributed by atoms with Gasteiger partial charge in [0.25, 0.3) is 5.91 Å². The summed E-state index contributed by atoms with van der Waals surface area (Å²) in [6.45, 7) is 7.14. The molecule has 0 spiro atoms. The molecular weight excluding hydrogens is 382 g/mol. The largest absolute Gasteiger partial charge is 0.447 e. The smallest absolute Gasteiger partial charge is 0.414 e. The minimum absolute atomic E-state index is 0.00969. The average Bonchev–Trinajstić information content (AvgIpc) is 3.14. The van der Waals surface area contributed by atoms with Crippen molar-refractivity contribution in [3.8, 4) is 0 Å². The van der Waals surface area contributed by atoms with Crippen LogP contribution in [-0.2, 0) is 4.74 Å². The van der Waals surface area contributed by atoms with E-state index < -0.39 is 12.1 Å². The standard InChI is InChI=1S/C23H27N3O4/c1-16-3-8-21(17(2)13-16)24-9-11-25(12-10-24)22(28)18-4-6-19(7-5-18)26-20(14-27)15-30-23(26)29/h3-8,13,20,27H,9-12,14-15H2,1-2H3. The number of anilines is 2. The van der Waals surface area contributed by atoms with Crippen molar-refractivity contribution in [2.75, 3.05) is 49.2 Å². The second-order valence-electron chi connectivity index (χ2n) is 7.90. The van der Waals surface area contributed by atoms with Crippen molar-refractivity contribution in [1.82, 2.24) is 4.90 Å². The van der Waals surface area contributed by atoms with Gasteiger partial charge in [0.05, 0.1) is 12.6 Å². The zero-order valence-electron chi connectivity index (χ0n) is 17.4. The first-order valence-corrected chi connectivity index (χ1v) is 10.3. The third-order valence-corrected chi connectivity index (χ3v) is 5.82. The number of hydrogen-bond donors (Lipinski definition) is 1. The van der Waals surface area contributed by atoms with Crippen LogP contribution in [0.25, 0.3) is 0 Å². The maximum atomic E-state index is 12.9. The van der Waals surface area contributed by atoms with E-state index in [0.29, 0.717) is 24.3 Å². The first-order valence-electron chi connectivity index (χ1n) is 10.3. The van der Waals surface area contributed by atoms with Crippen molar-refractivity contribution < 1.29 is 19.4 Å². The molecule has 0 bridgehead atoms. The molecule has 0 aliphatic carbocycles. The lowest BCUT2D eigenvalue weighted by molar-refractivity contribution is 0.0746. The molecule has 0 aromatic heterocycles. The van der Waals surface area contributed by atoms with Crippen molar-refractivity contribution in [2.45, 2.75) is 19.9 Å². The fourth-order valence-electron chi connectivity index (χ4n) is 4.17. The molecule has 2 amide bonds. The summed E-state index contributed by atoms with van der Waals surface area (Å²) in [5.41, 5.74) is 4.94. The number of carbonyl (C=O) groups excluding carboxylic acids is 2. The fourth-order valence-corrected chi connectivity index (χ4v) is 4.17. The lowest BCUT2D eigenvalue weighted by Gasteiger charge is -2.37. The number of aliphatic hydroxyl groups excluding tert-OH is 1. The monoisotopic (exact) mass is 409 g/mol. The van der Waals surface area contributed by atoms with Crippen LogP contribution in [0, 0.1) is 13.8 Å². The normalized spacial score (nSPS) is 19.2. The van der Waals surface area contributed by atoms with Gasteiger partial charge >= 0.3 is 6.09 Å². The number of aryl methyl sites for hydroxylation is 2. The van der Waals surface area contributed by atoms with Crippen molar-refractivity contribution in [1.29, 1.82) is 0 Å². The van der Waals surface area contributed by atoms with Crippen LogP contribution in [0.3, 0.4) is 0 Å². The summed E-state index contributed by atoms with van der Waals surface area (Å²) >= 11 is 0. The average molecular weight is 409 g/mol. The number of hydrogen-bond acceptors (Lipinski definition) is 5. The molecule has 2 aromatic carbocycles. The van der Waals surface area contributed by atoms with Crippen LogP contribution < -0.4 is 9.80 Å². The summed E-state index contributed by atoms with van der Waals surface area (Å²) < 4.78 is 5.00. The van der Waals surface area contributed by atoms with E-state index in [1.807, 2.05) is 4.90 Å². The Labute approximate surface area is 176 Å². The van der Waals surface area contributed by atoms with Gasteiger partial charge < -0.3 is 19.6 Å². The molecule has 30 heavy (non-hydrogen) atoms. The number of nitrogens with zero attached hydrogens (tertiary/aromatic N) is 3. The summed E-state index contributed by atoms with van der Waals surface area (Å²) in [7, 11) is 0. The van der Waals surface area contributed by atoms with E-state index in [1.54, 1.807) is 24.3 Å². The summed E-state index contributed by atoms with van der Waals surface area (Å²) in [5.74, 6) is -0.00969. The lowest BCUT2D eigenvalue weighted by atomic mass is 10.1. The predicted octanol–water partition coefficient (Wildman–Crippen LogP) is 2.58. The Hall–Kier alpha value is -3.06. The van der Waals surface area contributed by atoms with Gasteiger partial charge in [0, 0.05) is 43.1 Å². The summed E-state index contributed by atoms with van der Waals surface area (Å²) in [6, 6.07) is 13.0. The minimum atomic E-state index is -0.476. The van der Waals surface area contributed by atoms with Crippen molar-refractivity contribution in [3.05, 3.63) is 59.2 Å². The van der Waals surface area contributed by atoms with Gasteiger partial charge in [0.15, 0.2) is 0 Å². The van der Waals surface area contributed by atoms with E-state index in [4.69, 9.17) is 4.74 Å². The topological polar surface area (TPSA) is 73.3 Å². The minimum Gasteiger partial charge on any atom is -0.447 e.